The van der Waals surface area contributed by atoms with Gasteiger partial charge < -0.3 is 14.9 Å². The lowest BCUT2D eigenvalue weighted by Gasteiger charge is -2.14. The fraction of sp³-hybridized carbons (Fsp3) is 0.263. The molecule has 0 bridgehead atoms. The number of ether oxygens (including phenoxy) is 1. The Kier molecular flexibility index (Phi) is 4.74. The lowest BCUT2D eigenvalue weighted by molar-refractivity contribution is 0.0523. The van der Waals surface area contributed by atoms with E-state index in [4.69, 9.17) is 14.8 Å². The molecule has 1 heterocycles. The van der Waals surface area contributed by atoms with Crippen LogP contribution in [0, 0.1) is 13.8 Å². The number of fused-ring (bicyclic) bond motifs is 1. The summed E-state index contributed by atoms with van der Waals surface area (Å²) in [7, 11) is 0. The van der Waals surface area contributed by atoms with Crippen molar-refractivity contribution in [3.8, 4) is 17.1 Å². The van der Waals surface area contributed by atoms with Crippen LogP contribution < -0.4 is 4.74 Å². The first-order valence-corrected chi connectivity index (χ1v) is 7.84. The number of aromatic nitrogens is 2. The third-order valence-electron chi connectivity index (χ3n) is 3.92. The molecule has 0 amide bonds. The largest absolute Gasteiger partial charge is 0.473 e. The number of nitrogens with zero attached hydrogens (tertiary/aromatic N) is 2. The zero-order chi connectivity index (χ0) is 17.1. The van der Waals surface area contributed by atoms with Crippen molar-refractivity contribution in [2.75, 3.05) is 13.2 Å². The lowest BCUT2D eigenvalue weighted by atomic mass is 10.1. The van der Waals surface area contributed by atoms with Crippen molar-refractivity contribution in [2.24, 2.45) is 0 Å². The minimum absolute atomic E-state index is 0.0403. The minimum atomic E-state index is -0.953. The van der Waals surface area contributed by atoms with Crippen molar-refractivity contribution in [3.63, 3.8) is 0 Å². The monoisotopic (exact) mass is 324 g/mol. The summed E-state index contributed by atoms with van der Waals surface area (Å²) in [5.74, 6) is 0.351. The molecule has 3 rings (SSSR count). The second kappa shape index (κ2) is 6.95. The molecule has 0 aliphatic carbocycles. The van der Waals surface area contributed by atoms with Gasteiger partial charge in [0.15, 0.2) is 0 Å². The molecular weight excluding hydrogens is 304 g/mol. The molecule has 0 aliphatic heterocycles. The molecule has 124 valence electrons. The zero-order valence-corrected chi connectivity index (χ0v) is 13.7. The van der Waals surface area contributed by atoms with E-state index < -0.39 is 6.10 Å². The maximum atomic E-state index is 9.55. The van der Waals surface area contributed by atoms with Gasteiger partial charge in [0.1, 0.15) is 18.4 Å². The zero-order valence-electron chi connectivity index (χ0n) is 13.7. The smallest absolute Gasteiger partial charge is 0.241 e. The van der Waals surface area contributed by atoms with E-state index >= 15 is 0 Å². The van der Waals surface area contributed by atoms with Gasteiger partial charge in [-0.15, -0.1) is 0 Å². The Morgan fingerprint density at radius 2 is 1.62 bits per heavy atom. The number of hydrogen-bond donors (Lipinski definition) is 2. The van der Waals surface area contributed by atoms with Crippen LogP contribution >= 0.6 is 0 Å². The normalized spacial score (nSPS) is 12.3. The van der Waals surface area contributed by atoms with Crippen molar-refractivity contribution in [1.29, 1.82) is 0 Å². The highest BCUT2D eigenvalue weighted by atomic mass is 16.5. The van der Waals surface area contributed by atoms with E-state index in [9.17, 15) is 5.11 Å². The van der Waals surface area contributed by atoms with Crippen molar-refractivity contribution < 1.29 is 14.9 Å². The SMILES string of the molecule is Cc1cc2nc(OCC(O)CO)c(-c3ccccc3)nc2cc1C. The molecule has 2 N–H and O–H groups in total. The first kappa shape index (κ1) is 16.4. The summed E-state index contributed by atoms with van der Waals surface area (Å²) in [5, 5.41) is 18.5. The molecular formula is C19H20N2O3. The molecule has 1 aromatic heterocycles. The Labute approximate surface area is 140 Å². The van der Waals surface area contributed by atoms with Gasteiger partial charge in [-0.1, -0.05) is 30.3 Å². The molecule has 0 fully saturated rings. The molecule has 24 heavy (non-hydrogen) atoms. The van der Waals surface area contributed by atoms with Crippen LogP contribution in [0.4, 0.5) is 0 Å². The van der Waals surface area contributed by atoms with E-state index in [-0.39, 0.29) is 13.2 Å². The fourth-order valence-electron chi connectivity index (χ4n) is 2.41. The van der Waals surface area contributed by atoms with E-state index in [1.807, 2.05) is 56.3 Å². The molecule has 1 unspecified atom stereocenters. The summed E-state index contributed by atoms with van der Waals surface area (Å²) in [6.07, 6.45) is -0.953. The number of hydrogen-bond acceptors (Lipinski definition) is 5. The van der Waals surface area contributed by atoms with Crippen LogP contribution in [0.15, 0.2) is 42.5 Å². The van der Waals surface area contributed by atoms with Gasteiger partial charge in [0.25, 0.3) is 0 Å². The van der Waals surface area contributed by atoms with Crippen molar-refractivity contribution >= 4 is 11.0 Å². The predicted molar refractivity (Wildman–Crippen MR) is 93.0 cm³/mol. The van der Waals surface area contributed by atoms with Gasteiger partial charge >= 0.3 is 0 Å². The summed E-state index contributed by atoms with van der Waals surface area (Å²) in [5.41, 5.74) is 5.33. The van der Waals surface area contributed by atoms with E-state index in [0.717, 1.165) is 27.7 Å². The second-order valence-corrected chi connectivity index (χ2v) is 5.82. The molecule has 0 saturated heterocycles. The number of aryl methyl sites for hydroxylation is 2. The maximum Gasteiger partial charge on any atom is 0.241 e. The first-order chi connectivity index (χ1) is 11.6. The minimum Gasteiger partial charge on any atom is -0.473 e. The van der Waals surface area contributed by atoms with Gasteiger partial charge in [0.2, 0.25) is 5.88 Å². The van der Waals surface area contributed by atoms with E-state index in [0.29, 0.717) is 11.6 Å². The number of rotatable bonds is 5. The highest BCUT2D eigenvalue weighted by Gasteiger charge is 2.14. The van der Waals surface area contributed by atoms with E-state index in [1.165, 1.54) is 0 Å². The van der Waals surface area contributed by atoms with Crippen LogP contribution in [0.25, 0.3) is 22.3 Å². The van der Waals surface area contributed by atoms with Crippen LogP contribution in [-0.4, -0.2) is 39.5 Å². The third kappa shape index (κ3) is 3.37. The van der Waals surface area contributed by atoms with Crippen molar-refractivity contribution in [3.05, 3.63) is 53.6 Å². The van der Waals surface area contributed by atoms with Gasteiger partial charge in [-0.2, -0.15) is 0 Å². The Hall–Kier alpha value is -2.50. The quantitative estimate of drug-likeness (QED) is 0.754. The topological polar surface area (TPSA) is 75.5 Å². The molecule has 2 aromatic carbocycles. The van der Waals surface area contributed by atoms with Crippen LogP contribution in [-0.2, 0) is 0 Å². The van der Waals surface area contributed by atoms with Gasteiger partial charge in [0, 0.05) is 5.56 Å². The molecule has 0 spiro atoms. The molecule has 0 saturated carbocycles. The first-order valence-electron chi connectivity index (χ1n) is 7.84. The van der Waals surface area contributed by atoms with E-state index in [1.54, 1.807) is 0 Å². The van der Waals surface area contributed by atoms with Crippen LogP contribution in [0.2, 0.25) is 0 Å². The Balaban J connectivity index is 2.12. The van der Waals surface area contributed by atoms with Crippen LogP contribution in [0.5, 0.6) is 5.88 Å². The van der Waals surface area contributed by atoms with Gasteiger partial charge in [-0.3, -0.25) is 0 Å². The number of aliphatic hydroxyl groups is 2. The molecule has 0 radical (unpaired) electrons. The summed E-state index contributed by atoms with van der Waals surface area (Å²) in [4.78, 5) is 9.30. The summed E-state index contributed by atoms with van der Waals surface area (Å²) in [6, 6.07) is 13.6. The van der Waals surface area contributed by atoms with Gasteiger partial charge in [-0.05, 0) is 37.1 Å². The average Bonchev–Trinajstić information content (AvgIpc) is 2.61. The number of aliphatic hydroxyl groups excluding tert-OH is 2. The maximum absolute atomic E-state index is 9.55. The predicted octanol–water partition coefficient (Wildman–Crippen LogP) is 2.65. The van der Waals surface area contributed by atoms with Crippen molar-refractivity contribution in [1.82, 2.24) is 9.97 Å². The van der Waals surface area contributed by atoms with Gasteiger partial charge in [-0.25, -0.2) is 9.97 Å². The third-order valence-corrected chi connectivity index (χ3v) is 3.92. The Bertz CT molecular complexity index is 850. The number of benzene rings is 2. The standard InChI is InChI=1S/C19H20N2O3/c1-12-8-16-17(9-13(12)2)21-19(24-11-15(23)10-22)18(20-16)14-6-4-3-5-7-14/h3-9,15,22-23H,10-11H2,1-2H3. The van der Waals surface area contributed by atoms with Gasteiger partial charge in [0.05, 0.1) is 17.6 Å². The highest BCUT2D eigenvalue weighted by molar-refractivity contribution is 5.81. The van der Waals surface area contributed by atoms with Crippen LogP contribution in [0.3, 0.4) is 0 Å². The molecule has 3 aromatic rings. The fourth-order valence-corrected chi connectivity index (χ4v) is 2.41. The summed E-state index contributed by atoms with van der Waals surface area (Å²) < 4.78 is 5.64. The molecule has 5 heteroatoms. The second-order valence-electron chi connectivity index (χ2n) is 5.82. The average molecular weight is 324 g/mol. The van der Waals surface area contributed by atoms with Crippen LogP contribution in [0.1, 0.15) is 11.1 Å². The van der Waals surface area contributed by atoms with Crippen molar-refractivity contribution in [2.45, 2.75) is 20.0 Å². The Morgan fingerprint density at radius 3 is 2.25 bits per heavy atom. The summed E-state index contributed by atoms with van der Waals surface area (Å²) >= 11 is 0. The lowest BCUT2D eigenvalue weighted by Crippen LogP contribution is -2.22. The summed E-state index contributed by atoms with van der Waals surface area (Å²) in [6.45, 7) is 3.67. The molecule has 1 atom stereocenters. The molecule has 5 nitrogen and oxygen atoms in total. The molecule has 0 aliphatic rings. The van der Waals surface area contributed by atoms with E-state index in [2.05, 4.69) is 4.98 Å². The highest BCUT2D eigenvalue weighted by Crippen LogP contribution is 2.29. The Morgan fingerprint density at radius 1 is 1.00 bits per heavy atom.